The number of nitrogens with zero attached hydrogens (tertiary/aromatic N) is 4. The van der Waals surface area contributed by atoms with Gasteiger partial charge in [0, 0.05) is 16.9 Å². The second-order valence-corrected chi connectivity index (χ2v) is 9.23. The molecule has 0 saturated heterocycles. The zero-order valence-electron chi connectivity index (χ0n) is 16.0. The van der Waals surface area contributed by atoms with Crippen LogP contribution in [-0.2, 0) is 10.0 Å². The number of hydrogen-bond acceptors (Lipinski definition) is 7. The van der Waals surface area contributed by atoms with Crippen molar-refractivity contribution in [3.8, 4) is 5.69 Å². The molecule has 0 aliphatic heterocycles. The Bertz CT molecular complexity index is 1350. The molecule has 12 heteroatoms. The molecule has 2 aromatic carbocycles. The highest BCUT2D eigenvalue weighted by molar-refractivity contribution is 7.94. The number of halogens is 1. The third-order valence-electron chi connectivity index (χ3n) is 4.19. The predicted octanol–water partition coefficient (Wildman–Crippen LogP) is 3.22. The number of rotatable bonds is 6. The number of aromatic nitrogens is 4. The number of amides is 1. The van der Waals surface area contributed by atoms with Gasteiger partial charge in [-0.1, -0.05) is 12.1 Å². The molecule has 0 unspecified atom stereocenters. The number of benzene rings is 2. The van der Waals surface area contributed by atoms with Gasteiger partial charge in [-0.25, -0.2) is 12.8 Å². The van der Waals surface area contributed by atoms with Crippen LogP contribution in [0.3, 0.4) is 0 Å². The van der Waals surface area contributed by atoms with Gasteiger partial charge in [-0.2, -0.15) is 4.68 Å². The van der Waals surface area contributed by atoms with Crippen LogP contribution in [0.4, 0.5) is 15.8 Å². The molecule has 31 heavy (non-hydrogen) atoms. The van der Waals surface area contributed by atoms with Crippen molar-refractivity contribution in [3.63, 3.8) is 0 Å². The summed E-state index contributed by atoms with van der Waals surface area (Å²) in [7, 11) is -3.74. The van der Waals surface area contributed by atoms with Gasteiger partial charge in [0.15, 0.2) is 5.82 Å². The number of nitrogens with one attached hydrogen (secondary N) is 2. The summed E-state index contributed by atoms with van der Waals surface area (Å²) in [6.07, 6.45) is 0. The molecule has 0 bridgehead atoms. The lowest BCUT2D eigenvalue weighted by molar-refractivity contribution is 0.102. The standard InChI is InChI=1S/C19H15FN6O3S2/c1-12-22-24-25-26(12)17-11-14(7-8-16(17)20)21-19(27)13-4-2-5-15(10-13)23-31(28,29)18-6-3-9-30-18/h2-11,23H,1H3,(H,21,27). The Morgan fingerprint density at radius 1 is 1.10 bits per heavy atom. The van der Waals surface area contributed by atoms with E-state index < -0.39 is 21.7 Å². The van der Waals surface area contributed by atoms with Crippen molar-refractivity contribution in [1.82, 2.24) is 20.2 Å². The molecule has 2 heterocycles. The van der Waals surface area contributed by atoms with E-state index >= 15 is 0 Å². The van der Waals surface area contributed by atoms with E-state index in [9.17, 15) is 17.6 Å². The molecule has 2 aromatic heterocycles. The van der Waals surface area contributed by atoms with Gasteiger partial charge in [-0.15, -0.1) is 16.4 Å². The molecule has 4 rings (SSSR count). The minimum absolute atomic E-state index is 0.0813. The largest absolute Gasteiger partial charge is 0.322 e. The van der Waals surface area contributed by atoms with Gasteiger partial charge in [0.05, 0.1) is 0 Å². The van der Waals surface area contributed by atoms with Crippen LogP contribution in [0.2, 0.25) is 0 Å². The number of carbonyl (C=O) groups is 1. The number of tetrazole rings is 1. The maximum atomic E-state index is 14.2. The first-order valence-electron chi connectivity index (χ1n) is 8.86. The van der Waals surface area contributed by atoms with Crippen molar-refractivity contribution in [2.75, 3.05) is 10.0 Å². The Labute approximate surface area is 180 Å². The second-order valence-electron chi connectivity index (χ2n) is 6.38. The molecule has 1 amide bonds. The number of sulfonamides is 1. The zero-order valence-corrected chi connectivity index (χ0v) is 17.6. The van der Waals surface area contributed by atoms with Gasteiger partial charge in [0.2, 0.25) is 0 Å². The molecule has 0 atom stereocenters. The monoisotopic (exact) mass is 458 g/mol. The fourth-order valence-electron chi connectivity index (χ4n) is 2.76. The van der Waals surface area contributed by atoms with E-state index in [1.807, 2.05) is 0 Å². The smallest absolute Gasteiger partial charge is 0.271 e. The maximum Gasteiger partial charge on any atom is 0.271 e. The second kappa shape index (κ2) is 8.24. The normalized spacial score (nSPS) is 11.3. The Hall–Kier alpha value is -3.64. The molecule has 4 aromatic rings. The van der Waals surface area contributed by atoms with Crippen LogP contribution in [0.1, 0.15) is 16.2 Å². The summed E-state index contributed by atoms with van der Waals surface area (Å²) >= 11 is 1.09. The molecule has 0 fully saturated rings. The minimum Gasteiger partial charge on any atom is -0.322 e. The van der Waals surface area contributed by atoms with Gasteiger partial charge in [-0.3, -0.25) is 9.52 Å². The zero-order chi connectivity index (χ0) is 22.0. The van der Waals surface area contributed by atoms with Crippen molar-refractivity contribution in [2.45, 2.75) is 11.1 Å². The van der Waals surface area contributed by atoms with E-state index in [0.29, 0.717) is 11.5 Å². The first kappa shape index (κ1) is 20.6. The fourth-order valence-corrected chi connectivity index (χ4v) is 4.80. The highest BCUT2D eigenvalue weighted by Crippen LogP contribution is 2.22. The molecular weight excluding hydrogens is 443 g/mol. The van der Waals surface area contributed by atoms with Crippen molar-refractivity contribution < 1.29 is 17.6 Å². The number of carbonyl (C=O) groups excluding carboxylic acids is 1. The molecule has 0 saturated carbocycles. The Balaban J connectivity index is 1.55. The number of aryl methyl sites for hydroxylation is 1. The SMILES string of the molecule is Cc1nnnn1-c1cc(NC(=O)c2cccc(NS(=O)(=O)c3cccs3)c2)ccc1F. The van der Waals surface area contributed by atoms with E-state index in [2.05, 4.69) is 25.6 Å². The lowest BCUT2D eigenvalue weighted by Crippen LogP contribution is -2.15. The Kier molecular flexibility index (Phi) is 5.48. The molecule has 158 valence electrons. The lowest BCUT2D eigenvalue weighted by Gasteiger charge is -2.10. The van der Waals surface area contributed by atoms with E-state index in [1.165, 1.54) is 41.1 Å². The molecule has 0 spiro atoms. The van der Waals surface area contributed by atoms with Crippen molar-refractivity contribution in [3.05, 3.63) is 77.2 Å². The number of thiophene rings is 1. The highest BCUT2D eigenvalue weighted by atomic mass is 32.2. The molecule has 2 N–H and O–H groups in total. The van der Waals surface area contributed by atoms with E-state index in [1.54, 1.807) is 30.5 Å². The van der Waals surface area contributed by atoms with Gasteiger partial charge < -0.3 is 5.32 Å². The van der Waals surface area contributed by atoms with Gasteiger partial charge in [0.1, 0.15) is 15.7 Å². The van der Waals surface area contributed by atoms with Crippen LogP contribution in [0.15, 0.2) is 64.2 Å². The summed E-state index contributed by atoms with van der Waals surface area (Å²) in [5.41, 5.74) is 0.861. The average Bonchev–Trinajstić information content (AvgIpc) is 3.42. The number of hydrogen-bond donors (Lipinski definition) is 2. The first-order valence-corrected chi connectivity index (χ1v) is 11.2. The summed E-state index contributed by atoms with van der Waals surface area (Å²) in [4.78, 5) is 12.7. The van der Waals surface area contributed by atoms with E-state index in [4.69, 9.17) is 0 Å². The van der Waals surface area contributed by atoms with E-state index in [0.717, 1.165) is 11.3 Å². The topological polar surface area (TPSA) is 119 Å². The fraction of sp³-hybridized carbons (Fsp3) is 0.0526. The molecule has 9 nitrogen and oxygen atoms in total. The Morgan fingerprint density at radius 3 is 2.65 bits per heavy atom. The van der Waals surface area contributed by atoms with Crippen LogP contribution in [-0.4, -0.2) is 34.5 Å². The molecule has 0 radical (unpaired) electrons. The minimum atomic E-state index is -3.74. The van der Waals surface area contributed by atoms with Gasteiger partial charge in [0.25, 0.3) is 15.9 Å². The van der Waals surface area contributed by atoms with Crippen molar-refractivity contribution >= 4 is 38.6 Å². The molecular formula is C19H15FN6O3S2. The summed E-state index contributed by atoms with van der Waals surface area (Å²) in [6, 6.07) is 13.2. The quantitative estimate of drug-likeness (QED) is 0.458. The summed E-state index contributed by atoms with van der Waals surface area (Å²) in [5.74, 6) is -0.672. The van der Waals surface area contributed by atoms with E-state index in [-0.39, 0.29) is 21.1 Å². The number of anilines is 2. The summed E-state index contributed by atoms with van der Waals surface area (Å²) in [6.45, 7) is 1.62. The summed E-state index contributed by atoms with van der Waals surface area (Å²) in [5, 5.41) is 15.3. The highest BCUT2D eigenvalue weighted by Gasteiger charge is 2.17. The third-order valence-corrected chi connectivity index (χ3v) is 6.97. The first-order chi connectivity index (χ1) is 14.8. The lowest BCUT2D eigenvalue weighted by atomic mass is 10.2. The Morgan fingerprint density at radius 2 is 1.94 bits per heavy atom. The van der Waals surface area contributed by atoms with Crippen molar-refractivity contribution in [2.24, 2.45) is 0 Å². The van der Waals surface area contributed by atoms with Crippen LogP contribution in [0, 0.1) is 12.7 Å². The molecule has 0 aliphatic carbocycles. The van der Waals surface area contributed by atoms with Crippen molar-refractivity contribution in [1.29, 1.82) is 0 Å². The van der Waals surface area contributed by atoms with Crippen LogP contribution in [0.25, 0.3) is 5.69 Å². The van der Waals surface area contributed by atoms with Crippen LogP contribution >= 0.6 is 11.3 Å². The summed E-state index contributed by atoms with van der Waals surface area (Å²) < 4.78 is 42.8. The van der Waals surface area contributed by atoms with Gasteiger partial charge in [-0.05, 0) is 65.2 Å². The predicted molar refractivity (Wildman–Crippen MR) is 113 cm³/mol. The van der Waals surface area contributed by atoms with Crippen LogP contribution < -0.4 is 10.0 Å². The van der Waals surface area contributed by atoms with Gasteiger partial charge >= 0.3 is 0 Å². The third kappa shape index (κ3) is 4.44. The van der Waals surface area contributed by atoms with Crippen LogP contribution in [0.5, 0.6) is 0 Å². The average molecular weight is 459 g/mol. The maximum absolute atomic E-state index is 14.2. The molecule has 0 aliphatic rings.